The van der Waals surface area contributed by atoms with E-state index in [1.165, 1.54) is 4.57 Å². The maximum absolute atomic E-state index is 13.1. The third kappa shape index (κ3) is 4.33. The number of anilines is 1. The van der Waals surface area contributed by atoms with Gasteiger partial charge < -0.3 is 24.9 Å². The Balaban J connectivity index is 1.44. The second kappa shape index (κ2) is 9.03. The van der Waals surface area contributed by atoms with Crippen LogP contribution in [0.4, 0.5) is 14.7 Å². The molecule has 1 amide bonds. The highest BCUT2D eigenvalue weighted by Gasteiger charge is 2.41. The summed E-state index contributed by atoms with van der Waals surface area (Å²) in [4.78, 5) is 28.6. The minimum atomic E-state index is -2.48. The van der Waals surface area contributed by atoms with Gasteiger partial charge in [0.15, 0.2) is 0 Å². The Hall–Kier alpha value is -3.76. The van der Waals surface area contributed by atoms with Gasteiger partial charge in [-0.3, -0.25) is 4.79 Å². The molecule has 0 spiro atoms. The van der Waals surface area contributed by atoms with E-state index in [2.05, 4.69) is 30.6 Å². The molecule has 1 saturated carbocycles. The largest absolute Gasteiger partial charge is 0.480 e. The fourth-order valence-electron chi connectivity index (χ4n) is 5.06. The Bertz CT molecular complexity index is 1440. The lowest BCUT2D eigenvalue weighted by Gasteiger charge is -2.45. The molecular formula is C25H29F2N7O2. The summed E-state index contributed by atoms with van der Waals surface area (Å²) < 4.78 is 33.4. The minimum Gasteiger partial charge on any atom is -0.480 e. The van der Waals surface area contributed by atoms with Crippen molar-refractivity contribution < 1.29 is 18.3 Å². The number of fused-ring (bicyclic) bond motifs is 2. The second-order valence-electron chi connectivity index (χ2n) is 9.56. The van der Waals surface area contributed by atoms with Gasteiger partial charge >= 0.3 is 0 Å². The van der Waals surface area contributed by atoms with Crippen molar-refractivity contribution in [3.8, 4) is 17.0 Å². The molecule has 36 heavy (non-hydrogen) atoms. The van der Waals surface area contributed by atoms with Crippen LogP contribution in [-0.2, 0) is 11.3 Å². The Labute approximate surface area is 206 Å². The van der Waals surface area contributed by atoms with Crippen LogP contribution in [0.2, 0.25) is 0 Å². The maximum Gasteiger partial charge on any atom is 0.256 e. The Morgan fingerprint density at radius 1 is 1.31 bits per heavy atom. The van der Waals surface area contributed by atoms with Crippen molar-refractivity contribution in [2.45, 2.75) is 64.6 Å². The minimum absolute atomic E-state index is 0.0415. The molecule has 5 rings (SSSR count). The van der Waals surface area contributed by atoms with E-state index >= 15 is 0 Å². The molecule has 1 aliphatic carbocycles. The van der Waals surface area contributed by atoms with Crippen molar-refractivity contribution in [1.82, 2.24) is 29.8 Å². The van der Waals surface area contributed by atoms with Gasteiger partial charge in [-0.05, 0) is 44.4 Å². The van der Waals surface area contributed by atoms with Gasteiger partial charge in [0.2, 0.25) is 17.7 Å². The summed E-state index contributed by atoms with van der Waals surface area (Å²) in [7, 11) is 1.55. The van der Waals surface area contributed by atoms with Crippen LogP contribution in [0.1, 0.15) is 38.9 Å². The first-order chi connectivity index (χ1) is 17.2. The number of methoxy groups -OCH3 is 1. The molecule has 3 N–H and O–H groups in total. The van der Waals surface area contributed by atoms with Gasteiger partial charge in [0, 0.05) is 29.8 Å². The number of ether oxygens (including phenoxy) is 1. The molecule has 0 saturated heterocycles. The van der Waals surface area contributed by atoms with E-state index in [-0.39, 0.29) is 17.5 Å². The number of hydrogen-bond donors (Lipinski definition) is 3. The van der Waals surface area contributed by atoms with Crippen LogP contribution in [0.25, 0.3) is 33.2 Å². The first-order valence-corrected chi connectivity index (χ1v) is 12.0. The van der Waals surface area contributed by atoms with Crippen LogP contribution in [0.3, 0.4) is 0 Å². The van der Waals surface area contributed by atoms with Crippen molar-refractivity contribution in [2.75, 3.05) is 12.4 Å². The molecule has 1 aromatic carbocycles. The molecule has 190 valence electrons. The van der Waals surface area contributed by atoms with Gasteiger partial charge in [-0.1, -0.05) is 13.0 Å². The van der Waals surface area contributed by atoms with Crippen LogP contribution in [0.15, 0.2) is 24.4 Å². The maximum atomic E-state index is 13.1. The molecule has 0 unspecified atom stereocenters. The lowest BCUT2D eigenvalue weighted by atomic mass is 9.74. The number of aryl methyl sites for hydroxylation is 1. The summed E-state index contributed by atoms with van der Waals surface area (Å²) in [5, 5.41) is 7.10. The number of carbonyl (C=O) groups excluding carboxylic acids is 1. The zero-order valence-corrected chi connectivity index (χ0v) is 20.7. The number of nitrogens with zero attached hydrogens (tertiary/aromatic N) is 4. The first-order valence-electron chi connectivity index (χ1n) is 12.0. The van der Waals surface area contributed by atoms with Crippen molar-refractivity contribution in [2.24, 2.45) is 0 Å². The average molecular weight is 498 g/mol. The van der Waals surface area contributed by atoms with E-state index in [1.807, 2.05) is 38.2 Å². The summed E-state index contributed by atoms with van der Waals surface area (Å²) >= 11 is 0. The molecule has 1 aliphatic rings. The molecule has 4 aromatic rings. The third-order valence-electron chi connectivity index (χ3n) is 6.75. The number of nitrogens with one attached hydrogen (secondary N) is 3. The topological polar surface area (TPSA) is 110 Å². The lowest BCUT2D eigenvalue weighted by Crippen LogP contribution is -2.59. The number of carbonyl (C=O) groups is 1. The number of halogens is 2. The molecule has 3 heterocycles. The van der Waals surface area contributed by atoms with Crippen molar-refractivity contribution in [1.29, 1.82) is 0 Å². The van der Waals surface area contributed by atoms with Gasteiger partial charge in [-0.2, -0.15) is 9.97 Å². The van der Waals surface area contributed by atoms with Crippen molar-refractivity contribution >= 4 is 33.9 Å². The molecule has 0 radical (unpaired) electrons. The predicted octanol–water partition coefficient (Wildman–Crippen LogP) is 4.42. The Morgan fingerprint density at radius 3 is 2.78 bits per heavy atom. The zero-order chi connectivity index (χ0) is 25.6. The lowest BCUT2D eigenvalue weighted by molar-refractivity contribution is -0.123. The number of amides is 1. The molecule has 0 atom stereocenters. The van der Waals surface area contributed by atoms with E-state index in [1.54, 1.807) is 14.0 Å². The summed E-state index contributed by atoms with van der Waals surface area (Å²) in [6, 6.07) is 5.71. The first kappa shape index (κ1) is 24.0. The molecule has 0 aliphatic heterocycles. The molecule has 1 fully saturated rings. The van der Waals surface area contributed by atoms with Gasteiger partial charge in [0.25, 0.3) is 6.43 Å². The fraction of sp³-hybridized carbons (Fsp3) is 0.440. The highest BCUT2D eigenvalue weighted by Crippen LogP contribution is 2.37. The standard InChI is InChI=1S/C25H29F2N7O2/c1-5-20(35)33-25(3)9-15(10-25)30-24-31-22-21(23(32-24)36-4)16(11-28-22)14-6-7-17-18(8-14)34(12-19(26)27)13(2)29-17/h6-8,11,15,19H,5,9-10,12H2,1-4H3,(H,33,35)(H2,28,30,31,32)/t15-,25-. The number of alkyl halides is 2. The van der Waals surface area contributed by atoms with Gasteiger partial charge in [0.1, 0.15) is 11.5 Å². The molecule has 0 bridgehead atoms. The van der Waals surface area contributed by atoms with E-state index in [0.29, 0.717) is 46.1 Å². The zero-order valence-electron chi connectivity index (χ0n) is 20.7. The smallest absolute Gasteiger partial charge is 0.256 e. The highest BCUT2D eigenvalue weighted by atomic mass is 19.3. The van der Waals surface area contributed by atoms with Crippen LogP contribution >= 0.6 is 0 Å². The number of rotatable bonds is 8. The van der Waals surface area contributed by atoms with Crippen LogP contribution in [-0.4, -0.2) is 55.5 Å². The summed E-state index contributed by atoms with van der Waals surface area (Å²) in [5.41, 5.74) is 3.28. The fourth-order valence-corrected chi connectivity index (χ4v) is 5.06. The van der Waals surface area contributed by atoms with E-state index in [4.69, 9.17) is 4.74 Å². The monoisotopic (exact) mass is 497 g/mol. The molecule has 3 aromatic heterocycles. The van der Waals surface area contributed by atoms with Crippen molar-refractivity contribution in [3.63, 3.8) is 0 Å². The highest BCUT2D eigenvalue weighted by molar-refractivity contribution is 5.99. The summed E-state index contributed by atoms with van der Waals surface area (Å²) in [5.74, 6) is 1.42. The SMILES string of the molecule is CCC(=O)N[C@]1(C)C[C@@H](Nc2nc(OC)c3c(-c4ccc5nc(C)n(CC(F)F)c5c4)c[nH]c3n2)C1. The van der Waals surface area contributed by atoms with Gasteiger partial charge in [-0.15, -0.1) is 0 Å². The number of benzene rings is 1. The molecule has 9 nitrogen and oxygen atoms in total. The Kier molecular flexibility index (Phi) is 6.01. The number of aromatic nitrogens is 5. The summed E-state index contributed by atoms with van der Waals surface area (Å²) in [6.45, 7) is 5.18. The summed E-state index contributed by atoms with van der Waals surface area (Å²) in [6.07, 6.45) is 1.33. The molecular weight excluding hydrogens is 468 g/mol. The number of hydrogen-bond acceptors (Lipinski definition) is 6. The van der Waals surface area contributed by atoms with E-state index in [0.717, 1.165) is 24.0 Å². The van der Waals surface area contributed by atoms with Crippen molar-refractivity contribution in [3.05, 3.63) is 30.2 Å². The Morgan fingerprint density at radius 2 is 2.08 bits per heavy atom. The van der Waals surface area contributed by atoms with E-state index < -0.39 is 13.0 Å². The van der Waals surface area contributed by atoms with Gasteiger partial charge in [-0.25, -0.2) is 13.8 Å². The molecule has 11 heteroatoms. The predicted molar refractivity (Wildman–Crippen MR) is 133 cm³/mol. The quantitative estimate of drug-likeness (QED) is 0.333. The van der Waals surface area contributed by atoms with Crippen LogP contribution in [0.5, 0.6) is 5.88 Å². The average Bonchev–Trinajstić information content (AvgIpc) is 3.37. The normalized spacial score (nSPS) is 19.6. The van der Waals surface area contributed by atoms with Crippen LogP contribution in [0, 0.1) is 6.92 Å². The second-order valence-corrected chi connectivity index (χ2v) is 9.56. The number of aromatic amines is 1. The number of imidazole rings is 1. The van der Waals surface area contributed by atoms with Gasteiger partial charge in [0.05, 0.1) is 30.1 Å². The van der Waals surface area contributed by atoms with Crippen LogP contribution < -0.4 is 15.4 Å². The number of H-pyrrole nitrogens is 1. The van der Waals surface area contributed by atoms with E-state index in [9.17, 15) is 13.6 Å². The third-order valence-corrected chi connectivity index (χ3v) is 6.75.